The van der Waals surface area contributed by atoms with Crippen molar-refractivity contribution in [2.45, 2.75) is 6.61 Å². The van der Waals surface area contributed by atoms with E-state index >= 15 is 0 Å². The van der Waals surface area contributed by atoms with Crippen LogP contribution >= 0.6 is 58.0 Å². The summed E-state index contributed by atoms with van der Waals surface area (Å²) in [6.45, 7) is -0.267. The van der Waals surface area contributed by atoms with Gasteiger partial charge in [-0.1, -0.05) is 58.0 Å². The van der Waals surface area contributed by atoms with Crippen molar-refractivity contribution in [3.63, 3.8) is 0 Å². The average Bonchev–Trinajstić information content (AvgIpc) is 2.45. The van der Waals surface area contributed by atoms with Crippen LogP contribution in [0.15, 0.2) is 12.3 Å². The number of benzene rings is 1. The molecule has 0 aliphatic rings. The summed E-state index contributed by atoms with van der Waals surface area (Å²) in [5.74, 6) is 0.217. The molecule has 0 amide bonds. The maximum absolute atomic E-state index is 9.22. The van der Waals surface area contributed by atoms with E-state index in [9.17, 15) is 5.11 Å². The minimum Gasteiger partial charge on any atom is -0.392 e. The number of aliphatic hydroxyl groups is 1. The number of nitrogens with zero attached hydrogens (tertiary/aromatic N) is 1. The molecule has 2 rings (SSSR count). The zero-order valence-corrected chi connectivity index (χ0v) is 13.5. The first-order valence-corrected chi connectivity index (χ1v) is 7.14. The van der Waals surface area contributed by atoms with Gasteiger partial charge in [0.2, 0.25) is 0 Å². The van der Waals surface area contributed by atoms with Gasteiger partial charge in [-0.25, -0.2) is 4.98 Å². The molecule has 2 aromatic rings. The molecule has 0 saturated carbocycles. The molecule has 0 radical (unpaired) electrons. The Kier molecular flexibility index (Phi) is 4.90. The van der Waals surface area contributed by atoms with Gasteiger partial charge >= 0.3 is 0 Å². The Morgan fingerprint density at radius 3 is 1.95 bits per heavy atom. The molecule has 3 N–H and O–H groups in total. The molecule has 20 heavy (non-hydrogen) atoms. The molecule has 0 atom stereocenters. The van der Waals surface area contributed by atoms with Crippen molar-refractivity contribution < 1.29 is 5.11 Å². The van der Waals surface area contributed by atoms with Crippen molar-refractivity contribution in [1.29, 1.82) is 0 Å². The highest BCUT2D eigenvalue weighted by Gasteiger charge is 2.21. The Morgan fingerprint density at radius 1 is 0.950 bits per heavy atom. The summed E-state index contributed by atoms with van der Waals surface area (Å²) in [6.07, 6.45) is 1.46. The van der Waals surface area contributed by atoms with E-state index in [4.69, 9.17) is 63.7 Å². The van der Waals surface area contributed by atoms with E-state index in [2.05, 4.69) is 4.98 Å². The van der Waals surface area contributed by atoms with E-state index in [0.717, 1.165) is 0 Å². The Hall–Kier alpha value is -0.420. The van der Waals surface area contributed by atoms with Crippen molar-refractivity contribution in [3.05, 3.63) is 42.9 Å². The highest BCUT2D eigenvalue weighted by atomic mass is 35.5. The topological polar surface area (TPSA) is 59.1 Å². The Bertz CT molecular complexity index is 661. The molecule has 8 heteroatoms. The summed E-state index contributed by atoms with van der Waals surface area (Å²) in [4.78, 5) is 3.97. The number of hydrogen-bond acceptors (Lipinski definition) is 3. The second-order valence-corrected chi connectivity index (χ2v) is 5.76. The van der Waals surface area contributed by atoms with Crippen molar-refractivity contribution in [3.8, 4) is 11.1 Å². The number of rotatable bonds is 2. The summed E-state index contributed by atoms with van der Waals surface area (Å²) < 4.78 is 0. The first-order valence-electron chi connectivity index (χ1n) is 5.25. The number of hydrogen-bond donors (Lipinski definition) is 2. The van der Waals surface area contributed by atoms with Gasteiger partial charge < -0.3 is 10.8 Å². The van der Waals surface area contributed by atoms with Crippen LogP contribution in [0.5, 0.6) is 0 Å². The predicted octanol–water partition coefficient (Wildman–Crippen LogP) is 5.09. The number of aliphatic hydroxyl groups excluding tert-OH is 1. The monoisotopic (exact) mass is 370 g/mol. The SMILES string of the molecule is Nc1ncc(-c2c(Cl)c(Cl)c(Cl)c(Cl)c2Cl)cc1CO. The molecule has 3 nitrogen and oxygen atoms in total. The maximum Gasteiger partial charge on any atom is 0.128 e. The van der Waals surface area contributed by atoms with Crippen molar-refractivity contribution in [1.82, 2.24) is 4.98 Å². The second kappa shape index (κ2) is 6.14. The van der Waals surface area contributed by atoms with Gasteiger partial charge in [0.1, 0.15) is 5.82 Å². The lowest BCUT2D eigenvalue weighted by Gasteiger charge is -2.13. The molecule has 0 fully saturated rings. The molecule has 0 bridgehead atoms. The highest BCUT2D eigenvalue weighted by molar-refractivity contribution is 6.56. The largest absolute Gasteiger partial charge is 0.392 e. The van der Waals surface area contributed by atoms with Gasteiger partial charge in [0.05, 0.1) is 31.7 Å². The lowest BCUT2D eigenvalue weighted by molar-refractivity contribution is 0.282. The third-order valence-electron chi connectivity index (χ3n) is 2.67. The van der Waals surface area contributed by atoms with Crippen LogP contribution in [0.25, 0.3) is 11.1 Å². The fourth-order valence-corrected chi connectivity index (χ4v) is 3.00. The van der Waals surface area contributed by atoms with Gasteiger partial charge in [-0.15, -0.1) is 0 Å². The van der Waals surface area contributed by atoms with Gasteiger partial charge in [0.15, 0.2) is 0 Å². The van der Waals surface area contributed by atoms with Crippen LogP contribution in [0.3, 0.4) is 0 Å². The number of anilines is 1. The van der Waals surface area contributed by atoms with Crippen LogP contribution in [-0.4, -0.2) is 10.1 Å². The number of aromatic nitrogens is 1. The third kappa shape index (κ3) is 2.67. The second-order valence-electron chi connectivity index (χ2n) is 3.87. The van der Waals surface area contributed by atoms with Crippen LogP contribution in [0.4, 0.5) is 5.82 Å². The molecular weight excluding hydrogens is 365 g/mol. The molecule has 1 heterocycles. The highest BCUT2D eigenvalue weighted by Crippen LogP contribution is 2.48. The summed E-state index contributed by atoms with van der Waals surface area (Å²) >= 11 is 30.3. The average molecular weight is 372 g/mol. The zero-order valence-electron chi connectivity index (χ0n) is 9.72. The number of nitrogens with two attached hydrogens (primary N) is 1. The van der Waals surface area contributed by atoms with Gasteiger partial charge in [-0.3, -0.25) is 0 Å². The van der Waals surface area contributed by atoms with Gasteiger partial charge in [-0.05, 0) is 6.07 Å². The van der Waals surface area contributed by atoms with E-state index in [1.54, 1.807) is 6.07 Å². The third-order valence-corrected chi connectivity index (χ3v) is 4.95. The Labute approximate surface area is 140 Å². The minimum absolute atomic E-state index is 0.0814. The van der Waals surface area contributed by atoms with Crippen LogP contribution in [0.1, 0.15) is 5.56 Å². The van der Waals surface area contributed by atoms with Gasteiger partial charge in [0.25, 0.3) is 0 Å². The molecule has 106 valence electrons. The van der Waals surface area contributed by atoms with Crippen molar-refractivity contribution in [2.24, 2.45) is 0 Å². The standard InChI is InChI=1S/C12H7Cl5N2O/c13-7-6(8(14)10(16)11(17)9(7)15)4-1-5(3-20)12(18)19-2-4/h1-2,20H,3H2,(H2,18,19). The predicted molar refractivity (Wildman–Crippen MR) is 85.1 cm³/mol. The number of pyridine rings is 1. The smallest absolute Gasteiger partial charge is 0.128 e. The van der Waals surface area contributed by atoms with E-state index in [0.29, 0.717) is 16.7 Å². The number of nitrogen functional groups attached to an aromatic ring is 1. The van der Waals surface area contributed by atoms with Crippen molar-refractivity contribution in [2.75, 3.05) is 5.73 Å². The van der Waals surface area contributed by atoms with Crippen LogP contribution in [-0.2, 0) is 6.61 Å². The number of halogens is 5. The zero-order chi connectivity index (χ0) is 15.0. The van der Waals surface area contributed by atoms with E-state index < -0.39 is 0 Å². The van der Waals surface area contributed by atoms with Crippen LogP contribution in [0.2, 0.25) is 25.1 Å². The molecule has 0 saturated heterocycles. The molecule has 0 unspecified atom stereocenters. The molecule has 0 spiro atoms. The van der Waals surface area contributed by atoms with Crippen LogP contribution < -0.4 is 5.73 Å². The molecular formula is C12H7Cl5N2O. The Morgan fingerprint density at radius 2 is 1.45 bits per heavy atom. The molecule has 1 aromatic carbocycles. The first-order chi connectivity index (χ1) is 9.38. The van der Waals surface area contributed by atoms with E-state index in [1.807, 2.05) is 0 Å². The lowest BCUT2D eigenvalue weighted by Crippen LogP contribution is -1.98. The van der Waals surface area contributed by atoms with Gasteiger partial charge in [-0.2, -0.15) is 0 Å². The summed E-state index contributed by atoms with van der Waals surface area (Å²) in [5, 5.41) is 9.81. The fourth-order valence-electron chi connectivity index (χ4n) is 1.64. The van der Waals surface area contributed by atoms with E-state index in [1.165, 1.54) is 6.20 Å². The summed E-state index contributed by atoms with van der Waals surface area (Å²) in [5.41, 5.74) is 6.98. The van der Waals surface area contributed by atoms with Crippen LogP contribution in [0, 0.1) is 0 Å². The van der Waals surface area contributed by atoms with E-state index in [-0.39, 0.29) is 37.5 Å². The summed E-state index contributed by atoms with van der Waals surface area (Å²) in [7, 11) is 0. The minimum atomic E-state index is -0.267. The fraction of sp³-hybridized carbons (Fsp3) is 0.0833. The maximum atomic E-state index is 9.22. The summed E-state index contributed by atoms with van der Waals surface area (Å²) in [6, 6.07) is 1.61. The first kappa shape index (κ1) is 16.0. The lowest BCUT2D eigenvalue weighted by atomic mass is 10.1. The quantitative estimate of drug-likeness (QED) is 0.570. The Balaban J connectivity index is 2.76. The van der Waals surface area contributed by atoms with Crippen molar-refractivity contribution >= 4 is 63.8 Å². The molecule has 1 aromatic heterocycles. The molecule has 0 aliphatic heterocycles. The molecule has 0 aliphatic carbocycles. The normalized spacial score (nSPS) is 10.9. The van der Waals surface area contributed by atoms with Gasteiger partial charge in [0, 0.05) is 22.9 Å².